The summed E-state index contributed by atoms with van der Waals surface area (Å²) in [5, 5.41) is 22.4. The first-order valence-corrected chi connectivity index (χ1v) is 6.72. The van der Waals surface area contributed by atoms with E-state index in [1.807, 2.05) is 0 Å². The molecule has 7 nitrogen and oxygen atoms in total. The number of carbonyl (C=O) groups excluding carboxylic acids is 1. The Morgan fingerprint density at radius 1 is 1.43 bits per heavy atom. The Bertz CT molecular complexity index is 474. The van der Waals surface area contributed by atoms with Gasteiger partial charge in [0.25, 0.3) is 0 Å². The van der Waals surface area contributed by atoms with Gasteiger partial charge in [0, 0.05) is 24.5 Å². The van der Waals surface area contributed by atoms with Crippen molar-refractivity contribution in [2.45, 2.75) is 45.0 Å². The van der Waals surface area contributed by atoms with E-state index < -0.39 is 23.9 Å². The number of alkyl carbamates (subject to hydrolysis) is 1. The Kier molecular flexibility index (Phi) is 5.92. The first-order chi connectivity index (χ1) is 9.69. The van der Waals surface area contributed by atoms with Crippen LogP contribution < -0.4 is 11.1 Å². The molecule has 2 atom stereocenters. The number of amides is 1. The zero-order valence-corrected chi connectivity index (χ0v) is 12.5. The molecule has 1 amide bonds. The normalized spacial score (nSPS) is 14.3. The van der Waals surface area contributed by atoms with Crippen LogP contribution in [0.15, 0.2) is 18.5 Å². The number of aliphatic hydroxyl groups is 2. The second-order valence-corrected chi connectivity index (χ2v) is 5.78. The quantitative estimate of drug-likeness (QED) is 0.643. The zero-order chi connectivity index (χ0) is 16.0. The minimum Gasteiger partial charge on any atom is -0.444 e. The van der Waals surface area contributed by atoms with E-state index in [1.165, 1.54) is 12.4 Å². The molecule has 5 N–H and O–H groups in total. The Hall–Kier alpha value is -1.86. The van der Waals surface area contributed by atoms with Crippen molar-refractivity contribution in [3.05, 3.63) is 24.0 Å². The number of hydrogen-bond acceptors (Lipinski definition) is 6. The molecule has 1 aromatic rings. The van der Waals surface area contributed by atoms with E-state index in [4.69, 9.17) is 10.5 Å². The third kappa shape index (κ3) is 6.42. The fourth-order valence-electron chi connectivity index (χ4n) is 1.65. The van der Waals surface area contributed by atoms with Crippen LogP contribution in [0.5, 0.6) is 0 Å². The lowest BCUT2D eigenvalue weighted by Gasteiger charge is -2.21. The molecule has 0 saturated heterocycles. The lowest BCUT2D eigenvalue weighted by Crippen LogP contribution is -2.34. The van der Waals surface area contributed by atoms with Gasteiger partial charge in [0.1, 0.15) is 11.7 Å². The van der Waals surface area contributed by atoms with Gasteiger partial charge < -0.3 is 26.0 Å². The summed E-state index contributed by atoms with van der Waals surface area (Å²) in [4.78, 5) is 15.3. The van der Waals surface area contributed by atoms with Gasteiger partial charge in [-0.1, -0.05) is 0 Å². The summed E-state index contributed by atoms with van der Waals surface area (Å²) in [6.45, 7) is 5.47. The maximum Gasteiger partial charge on any atom is 0.407 e. The van der Waals surface area contributed by atoms with Crippen molar-refractivity contribution < 1.29 is 19.7 Å². The lowest BCUT2D eigenvalue weighted by atomic mass is 10.0. The summed E-state index contributed by atoms with van der Waals surface area (Å²) in [5.41, 5.74) is 5.83. The van der Waals surface area contributed by atoms with Crippen molar-refractivity contribution in [1.29, 1.82) is 0 Å². The molecule has 1 rings (SSSR count). The molecule has 118 valence electrons. The SMILES string of the molecule is CC(C)(C)OC(=O)NCCC(O)C(O)c1cncc(N)c1. The molecule has 0 radical (unpaired) electrons. The van der Waals surface area contributed by atoms with Crippen molar-refractivity contribution in [2.75, 3.05) is 12.3 Å². The molecule has 0 spiro atoms. The fourth-order valence-corrected chi connectivity index (χ4v) is 1.65. The number of pyridine rings is 1. The molecule has 0 aromatic carbocycles. The summed E-state index contributed by atoms with van der Waals surface area (Å²) in [6, 6.07) is 1.54. The summed E-state index contributed by atoms with van der Waals surface area (Å²) in [6.07, 6.45) is 0.354. The van der Waals surface area contributed by atoms with Gasteiger partial charge in [-0.3, -0.25) is 4.98 Å². The molecule has 0 aliphatic carbocycles. The molecule has 0 bridgehead atoms. The fraction of sp³-hybridized carbons (Fsp3) is 0.571. The van der Waals surface area contributed by atoms with Gasteiger partial charge in [-0.2, -0.15) is 0 Å². The van der Waals surface area contributed by atoms with Gasteiger partial charge in [0.05, 0.1) is 11.8 Å². The number of aromatic nitrogens is 1. The van der Waals surface area contributed by atoms with E-state index in [0.717, 1.165) is 0 Å². The smallest absolute Gasteiger partial charge is 0.407 e. The number of aliphatic hydroxyl groups excluding tert-OH is 2. The highest BCUT2D eigenvalue weighted by Crippen LogP contribution is 2.19. The second kappa shape index (κ2) is 7.24. The molecule has 21 heavy (non-hydrogen) atoms. The van der Waals surface area contributed by atoms with E-state index in [9.17, 15) is 15.0 Å². The first kappa shape index (κ1) is 17.2. The Morgan fingerprint density at radius 2 is 2.10 bits per heavy atom. The van der Waals surface area contributed by atoms with Gasteiger partial charge in [-0.15, -0.1) is 0 Å². The van der Waals surface area contributed by atoms with Crippen LogP contribution in [0.25, 0.3) is 0 Å². The molecule has 1 heterocycles. The van der Waals surface area contributed by atoms with Gasteiger partial charge in [-0.25, -0.2) is 4.79 Å². The average Bonchev–Trinajstić information content (AvgIpc) is 2.35. The van der Waals surface area contributed by atoms with Crippen LogP contribution in [0, 0.1) is 0 Å². The summed E-state index contributed by atoms with van der Waals surface area (Å²) in [5.74, 6) is 0. The molecular weight excluding hydrogens is 274 g/mol. The van der Waals surface area contributed by atoms with E-state index in [1.54, 1.807) is 26.8 Å². The minimum atomic E-state index is -1.11. The van der Waals surface area contributed by atoms with Crippen LogP contribution in [-0.2, 0) is 4.74 Å². The maximum absolute atomic E-state index is 11.4. The number of carbonyl (C=O) groups is 1. The number of ether oxygens (including phenoxy) is 1. The van der Waals surface area contributed by atoms with Crippen LogP contribution in [0.2, 0.25) is 0 Å². The third-order valence-electron chi connectivity index (χ3n) is 2.59. The predicted octanol–water partition coefficient (Wildman–Crippen LogP) is 0.973. The number of nitrogens with one attached hydrogen (secondary N) is 1. The van der Waals surface area contributed by atoms with Gasteiger partial charge in [0.15, 0.2) is 0 Å². The Balaban J connectivity index is 2.40. The number of nitrogens with zero attached hydrogens (tertiary/aromatic N) is 1. The van der Waals surface area contributed by atoms with E-state index in [2.05, 4.69) is 10.3 Å². The predicted molar refractivity (Wildman–Crippen MR) is 78.5 cm³/mol. The molecule has 7 heteroatoms. The first-order valence-electron chi connectivity index (χ1n) is 6.72. The lowest BCUT2D eigenvalue weighted by molar-refractivity contribution is 0.0121. The molecule has 0 aliphatic rings. The molecule has 0 fully saturated rings. The molecule has 2 unspecified atom stereocenters. The third-order valence-corrected chi connectivity index (χ3v) is 2.59. The number of hydrogen-bond donors (Lipinski definition) is 4. The molecular formula is C14H23N3O4. The number of anilines is 1. The standard InChI is InChI=1S/C14H23N3O4/c1-14(2,3)21-13(20)17-5-4-11(18)12(19)9-6-10(15)8-16-7-9/h6-8,11-12,18-19H,4-5,15H2,1-3H3,(H,17,20). The van der Waals surface area contributed by atoms with Crippen LogP contribution in [-0.4, -0.2) is 39.5 Å². The number of nitrogen functional groups attached to an aromatic ring is 1. The average molecular weight is 297 g/mol. The van der Waals surface area contributed by atoms with Gasteiger partial charge in [-0.05, 0) is 33.3 Å². The van der Waals surface area contributed by atoms with Crippen molar-refractivity contribution in [3.8, 4) is 0 Å². The highest BCUT2D eigenvalue weighted by Gasteiger charge is 2.20. The number of rotatable bonds is 5. The second-order valence-electron chi connectivity index (χ2n) is 5.78. The van der Waals surface area contributed by atoms with E-state index in [0.29, 0.717) is 11.3 Å². The van der Waals surface area contributed by atoms with Crippen LogP contribution in [0.4, 0.5) is 10.5 Å². The Morgan fingerprint density at radius 3 is 2.67 bits per heavy atom. The van der Waals surface area contributed by atoms with Gasteiger partial charge >= 0.3 is 6.09 Å². The van der Waals surface area contributed by atoms with Gasteiger partial charge in [0.2, 0.25) is 0 Å². The summed E-state index contributed by atoms with van der Waals surface area (Å²) >= 11 is 0. The monoisotopic (exact) mass is 297 g/mol. The largest absolute Gasteiger partial charge is 0.444 e. The maximum atomic E-state index is 11.4. The van der Waals surface area contributed by atoms with Crippen LogP contribution in [0.1, 0.15) is 38.9 Å². The zero-order valence-electron chi connectivity index (χ0n) is 12.5. The number of nitrogens with two attached hydrogens (primary N) is 1. The highest BCUT2D eigenvalue weighted by atomic mass is 16.6. The summed E-state index contributed by atoms with van der Waals surface area (Å²) < 4.78 is 5.06. The molecule has 0 saturated carbocycles. The van der Waals surface area contributed by atoms with Crippen molar-refractivity contribution in [1.82, 2.24) is 10.3 Å². The summed E-state index contributed by atoms with van der Waals surface area (Å²) in [7, 11) is 0. The van der Waals surface area contributed by atoms with E-state index >= 15 is 0 Å². The van der Waals surface area contributed by atoms with Crippen molar-refractivity contribution in [2.24, 2.45) is 0 Å². The highest BCUT2D eigenvalue weighted by molar-refractivity contribution is 5.67. The Labute approximate surface area is 124 Å². The van der Waals surface area contributed by atoms with Crippen LogP contribution >= 0.6 is 0 Å². The molecule has 1 aromatic heterocycles. The van der Waals surface area contributed by atoms with Crippen molar-refractivity contribution >= 4 is 11.8 Å². The molecule has 0 aliphatic heterocycles. The van der Waals surface area contributed by atoms with Crippen LogP contribution in [0.3, 0.4) is 0 Å². The minimum absolute atomic E-state index is 0.176. The van der Waals surface area contributed by atoms with Crippen molar-refractivity contribution in [3.63, 3.8) is 0 Å². The van der Waals surface area contributed by atoms with E-state index in [-0.39, 0.29) is 13.0 Å². The topological polar surface area (TPSA) is 118 Å².